The number of unbranched alkanes of at least 4 members (excludes halogenated alkanes) is 15. The number of cyclic esters (lactones) is 2. The fourth-order valence-corrected chi connectivity index (χ4v) is 4.17. The van der Waals surface area contributed by atoms with E-state index >= 15 is 0 Å². The van der Waals surface area contributed by atoms with E-state index in [1.807, 2.05) is 0 Å². The van der Waals surface area contributed by atoms with E-state index in [0.717, 1.165) is 13.0 Å². The van der Waals surface area contributed by atoms with Crippen LogP contribution < -0.4 is 0 Å². The van der Waals surface area contributed by atoms with Crippen molar-refractivity contribution in [2.45, 2.75) is 116 Å². The minimum Gasteiger partial charge on any atom is -0.464 e. The lowest BCUT2D eigenvalue weighted by Crippen LogP contribution is -2.32. The Balaban J connectivity index is 1.94. The molecule has 5 heteroatoms. The molecule has 1 rings (SSSR count). The zero-order valence-electron chi connectivity index (χ0n) is 20.8. The van der Waals surface area contributed by atoms with Crippen molar-refractivity contribution in [1.82, 2.24) is 4.90 Å². The molecule has 5 nitrogen and oxygen atoms in total. The summed E-state index contributed by atoms with van der Waals surface area (Å²) in [5.74, 6) is -0.901. The van der Waals surface area contributed by atoms with Crippen LogP contribution >= 0.6 is 0 Å². The van der Waals surface area contributed by atoms with Gasteiger partial charge in [0, 0.05) is 18.7 Å². The van der Waals surface area contributed by atoms with Crippen molar-refractivity contribution < 1.29 is 19.1 Å². The maximum Gasteiger partial charge on any atom is 0.334 e. The van der Waals surface area contributed by atoms with Crippen molar-refractivity contribution in [3.8, 4) is 0 Å². The third-order valence-corrected chi connectivity index (χ3v) is 6.29. The molecule has 0 aromatic heterocycles. The van der Waals surface area contributed by atoms with Gasteiger partial charge in [0.05, 0.1) is 6.42 Å². The Morgan fingerprint density at radius 2 is 1.12 bits per heavy atom. The predicted octanol–water partition coefficient (Wildman–Crippen LogP) is 6.60. The van der Waals surface area contributed by atoms with Crippen LogP contribution in [-0.2, 0) is 19.1 Å². The SMILES string of the molecule is C=C1CC(=O)OCCN(CCCCCCCCCCCCCCCCCC)CCOC1=O. The van der Waals surface area contributed by atoms with E-state index in [-0.39, 0.29) is 12.0 Å². The van der Waals surface area contributed by atoms with Crippen molar-refractivity contribution in [3.05, 3.63) is 12.2 Å². The molecule has 0 aromatic rings. The molecular weight excluding hydrogens is 402 g/mol. The molecule has 0 unspecified atom stereocenters. The largest absolute Gasteiger partial charge is 0.464 e. The topological polar surface area (TPSA) is 55.8 Å². The normalized spacial score (nSPS) is 16.5. The highest BCUT2D eigenvalue weighted by Gasteiger charge is 2.17. The quantitative estimate of drug-likeness (QED) is 0.142. The van der Waals surface area contributed by atoms with Gasteiger partial charge >= 0.3 is 11.9 Å². The van der Waals surface area contributed by atoms with Gasteiger partial charge in [-0.05, 0) is 13.0 Å². The lowest BCUT2D eigenvalue weighted by molar-refractivity contribution is -0.145. The van der Waals surface area contributed by atoms with Gasteiger partial charge in [0.1, 0.15) is 13.2 Å². The van der Waals surface area contributed by atoms with Gasteiger partial charge in [0.2, 0.25) is 0 Å². The highest BCUT2D eigenvalue weighted by molar-refractivity contribution is 5.93. The lowest BCUT2D eigenvalue weighted by Gasteiger charge is -2.21. The second-order valence-electron chi connectivity index (χ2n) is 9.28. The summed E-state index contributed by atoms with van der Waals surface area (Å²) in [6, 6.07) is 0. The van der Waals surface area contributed by atoms with E-state index in [1.165, 1.54) is 96.3 Å². The standard InChI is InChI=1S/C27H49NO4/c1-3-4-5-6-7-8-9-10-11-12-13-14-15-16-17-18-19-28-20-22-31-26(29)24-25(2)27(30)32-23-21-28/h2-24H2,1H3. The molecule has 0 atom stereocenters. The van der Waals surface area contributed by atoms with Crippen molar-refractivity contribution in [2.24, 2.45) is 0 Å². The molecule has 186 valence electrons. The first-order valence-electron chi connectivity index (χ1n) is 13.4. The van der Waals surface area contributed by atoms with Gasteiger partial charge in [-0.3, -0.25) is 9.69 Å². The maximum atomic E-state index is 11.8. The van der Waals surface area contributed by atoms with E-state index < -0.39 is 11.9 Å². The highest BCUT2D eigenvalue weighted by atomic mass is 16.5. The summed E-state index contributed by atoms with van der Waals surface area (Å²) in [6.07, 6.45) is 21.7. The van der Waals surface area contributed by atoms with Crippen LogP contribution in [0.3, 0.4) is 0 Å². The van der Waals surface area contributed by atoms with Crippen LogP contribution in [0.1, 0.15) is 116 Å². The number of hydrogen-bond acceptors (Lipinski definition) is 5. The molecule has 0 bridgehead atoms. The summed E-state index contributed by atoms with van der Waals surface area (Å²) >= 11 is 0. The molecule has 32 heavy (non-hydrogen) atoms. The second-order valence-corrected chi connectivity index (χ2v) is 9.28. The lowest BCUT2D eigenvalue weighted by atomic mass is 10.0. The third kappa shape index (κ3) is 16.3. The molecule has 1 aliphatic rings. The van der Waals surface area contributed by atoms with Crippen LogP contribution in [0.15, 0.2) is 12.2 Å². The van der Waals surface area contributed by atoms with Gasteiger partial charge in [0.15, 0.2) is 0 Å². The van der Waals surface area contributed by atoms with E-state index in [0.29, 0.717) is 26.3 Å². The van der Waals surface area contributed by atoms with Crippen LogP contribution in [0.25, 0.3) is 0 Å². The van der Waals surface area contributed by atoms with Crippen LogP contribution in [0, 0.1) is 0 Å². The highest BCUT2D eigenvalue weighted by Crippen LogP contribution is 2.14. The van der Waals surface area contributed by atoms with Gasteiger partial charge in [-0.2, -0.15) is 0 Å². The molecule has 1 fully saturated rings. The number of nitrogens with zero attached hydrogens (tertiary/aromatic N) is 1. The van der Waals surface area contributed by atoms with Crippen molar-refractivity contribution in [2.75, 3.05) is 32.8 Å². The van der Waals surface area contributed by atoms with Gasteiger partial charge in [-0.25, -0.2) is 4.79 Å². The third-order valence-electron chi connectivity index (χ3n) is 6.29. The number of hydrogen-bond donors (Lipinski definition) is 0. The maximum absolute atomic E-state index is 11.8. The van der Waals surface area contributed by atoms with Crippen molar-refractivity contribution in [3.63, 3.8) is 0 Å². The Bertz CT molecular complexity index is 506. The molecule has 0 aliphatic carbocycles. The monoisotopic (exact) mass is 451 g/mol. The molecule has 1 heterocycles. The number of esters is 2. The fourth-order valence-electron chi connectivity index (χ4n) is 4.17. The number of carbonyl (C=O) groups is 2. The van der Waals surface area contributed by atoms with Crippen molar-refractivity contribution >= 4 is 11.9 Å². The number of rotatable bonds is 17. The Morgan fingerprint density at radius 3 is 1.62 bits per heavy atom. The second kappa shape index (κ2) is 20.3. The molecule has 0 radical (unpaired) electrons. The minimum absolute atomic E-state index is 0.0854. The molecule has 0 spiro atoms. The zero-order chi connectivity index (χ0) is 23.3. The summed E-state index contributed by atoms with van der Waals surface area (Å²) < 4.78 is 10.4. The van der Waals surface area contributed by atoms with E-state index in [9.17, 15) is 9.59 Å². The molecular formula is C27H49NO4. The Labute approximate surface area is 197 Å². The fraction of sp³-hybridized carbons (Fsp3) is 0.852. The first-order valence-corrected chi connectivity index (χ1v) is 13.4. The Morgan fingerprint density at radius 1 is 0.688 bits per heavy atom. The van der Waals surface area contributed by atoms with E-state index in [4.69, 9.17) is 9.47 Å². The summed E-state index contributed by atoms with van der Waals surface area (Å²) in [5, 5.41) is 0. The Kier molecular flexibility index (Phi) is 18.2. The van der Waals surface area contributed by atoms with Crippen LogP contribution in [0.2, 0.25) is 0 Å². The number of carbonyl (C=O) groups excluding carboxylic acids is 2. The summed E-state index contributed by atoms with van der Waals surface area (Å²) in [5.41, 5.74) is 0.168. The van der Waals surface area contributed by atoms with Crippen LogP contribution in [0.4, 0.5) is 0 Å². The summed E-state index contributed by atoms with van der Waals surface area (Å²) in [7, 11) is 0. The first kappa shape index (κ1) is 28.7. The summed E-state index contributed by atoms with van der Waals surface area (Å²) in [4.78, 5) is 25.7. The molecule has 0 aromatic carbocycles. The Hall–Kier alpha value is -1.36. The first-order chi connectivity index (χ1) is 15.6. The van der Waals surface area contributed by atoms with Crippen LogP contribution in [-0.4, -0.2) is 49.7 Å². The molecule has 0 N–H and O–H groups in total. The van der Waals surface area contributed by atoms with Gasteiger partial charge in [-0.15, -0.1) is 0 Å². The predicted molar refractivity (Wildman–Crippen MR) is 132 cm³/mol. The van der Waals surface area contributed by atoms with E-state index in [1.54, 1.807) is 0 Å². The zero-order valence-corrected chi connectivity index (χ0v) is 20.8. The van der Waals surface area contributed by atoms with Gasteiger partial charge in [0.25, 0.3) is 0 Å². The molecule has 1 saturated heterocycles. The summed E-state index contributed by atoms with van der Waals surface area (Å²) in [6.45, 7) is 8.90. The van der Waals surface area contributed by atoms with E-state index in [2.05, 4.69) is 18.4 Å². The molecule has 0 amide bonds. The molecule has 1 aliphatic heterocycles. The van der Waals surface area contributed by atoms with Crippen molar-refractivity contribution in [1.29, 1.82) is 0 Å². The molecule has 0 saturated carbocycles. The number of ether oxygens (including phenoxy) is 2. The minimum atomic E-state index is -0.494. The van der Waals surface area contributed by atoms with Crippen LogP contribution in [0.5, 0.6) is 0 Å². The smallest absolute Gasteiger partial charge is 0.334 e. The average molecular weight is 452 g/mol. The van der Waals surface area contributed by atoms with Gasteiger partial charge < -0.3 is 9.47 Å². The average Bonchev–Trinajstić information content (AvgIpc) is 2.80. The van der Waals surface area contributed by atoms with Gasteiger partial charge in [-0.1, -0.05) is 110 Å².